The van der Waals surface area contributed by atoms with Crippen molar-refractivity contribution in [3.05, 3.63) is 0 Å². The smallest absolute Gasteiger partial charge is 0.00385 e. The molecule has 0 unspecified atom stereocenters. The molecule has 0 amide bonds. The standard InChI is InChI=1S/C13H25N/c1-12(2)5-9-14-10-8-13(11-14)6-3-4-7-13/h12H,3-11H2,1-2H3. The summed E-state index contributed by atoms with van der Waals surface area (Å²) in [4.78, 5) is 2.71. The average Bonchev–Trinajstić information content (AvgIpc) is 2.74. The molecule has 1 saturated carbocycles. The van der Waals surface area contributed by atoms with Crippen LogP contribution >= 0.6 is 0 Å². The molecule has 82 valence electrons. The lowest BCUT2D eigenvalue weighted by Gasteiger charge is -2.23. The molecule has 0 bridgehead atoms. The van der Waals surface area contributed by atoms with Gasteiger partial charge in [-0.25, -0.2) is 0 Å². The maximum atomic E-state index is 2.71. The minimum absolute atomic E-state index is 0.775. The van der Waals surface area contributed by atoms with Crippen LogP contribution in [0.15, 0.2) is 0 Å². The van der Waals surface area contributed by atoms with Crippen LogP contribution in [0.5, 0.6) is 0 Å². The van der Waals surface area contributed by atoms with E-state index >= 15 is 0 Å². The van der Waals surface area contributed by atoms with Gasteiger partial charge in [-0.3, -0.25) is 0 Å². The van der Waals surface area contributed by atoms with Gasteiger partial charge in [0.25, 0.3) is 0 Å². The Morgan fingerprint density at radius 1 is 1.14 bits per heavy atom. The topological polar surface area (TPSA) is 3.24 Å². The van der Waals surface area contributed by atoms with E-state index in [1.807, 2.05) is 0 Å². The molecule has 0 aromatic rings. The minimum atomic E-state index is 0.775. The molecule has 2 aliphatic rings. The van der Waals surface area contributed by atoms with Gasteiger partial charge in [0.05, 0.1) is 0 Å². The predicted octanol–water partition coefficient (Wildman–Crippen LogP) is 3.30. The Labute approximate surface area is 88.9 Å². The molecule has 1 heterocycles. The number of likely N-dealkylation sites (tertiary alicyclic amines) is 1. The third-order valence-corrected chi connectivity index (χ3v) is 4.20. The number of hydrogen-bond acceptors (Lipinski definition) is 1. The molecule has 0 N–H and O–H groups in total. The molecular weight excluding hydrogens is 170 g/mol. The van der Waals surface area contributed by atoms with Gasteiger partial charge in [-0.2, -0.15) is 0 Å². The monoisotopic (exact) mass is 195 g/mol. The molecule has 0 aromatic heterocycles. The Balaban J connectivity index is 1.76. The minimum Gasteiger partial charge on any atom is -0.303 e. The summed E-state index contributed by atoms with van der Waals surface area (Å²) in [7, 11) is 0. The Morgan fingerprint density at radius 3 is 2.50 bits per heavy atom. The van der Waals surface area contributed by atoms with Crippen LogP contribution in [0.2, 0.25) is 0 Å². The lowest BCUT2D eigenvalue weighted by Crippen LogP contribution is -2.26. The lowest BCUT2D eigenvalue weighted by molar-refractivity contribution is 0.251. The summed E-state index contributed by atoms with van der Waals surface area (Å²) in [5.74, 6) is 0.870. The van der Waals surface area contributed by atoms with Gasteiger partial charge < -0.3 is 4.90 Å². The molecule has 0 aromatic carbocycles. The van der Waals surface area contributed by atoms with Gasteiger partial charge in [0.1, 0.15) is 0 Å². The van der Waals surface area contributed by atoms with E-state index in [4.69, 9.17) is 0 Å². The first-order valence-electron chi connectivity index (χ1n) is 6.43. The van der Waals surface area contributed by atoms with Crippen molar-refractivity contribution < 1.29 is 0 Å². The molecule has 0 radical (unpaired) electrons. The van der Waals surface area contributed by atoms with Crippen molar-refractivity contribution in [1.82, 2.24) is 4.90 Å². The van der Waals surface area contributed by atoms with Crippen molar-refractivity contribution in [3.63, 3.8) is 0 Å². The zero-order valence-electron chi connectivity index (χ0n) is 9.89. The SMILES string of the molecule is CC(C)CCN1CCC2(CCCC2)C1. The Kier molecular flexibility index (Phi) is 3.16. The normalized spacial score (nSPS) is 26.8. The Morgan fingerprint density at radius 2 is 1.86 bits per heavy atom. The van der Waals surface area contributed by atoms with Crippen LogP contribution < -0.4 is 0 Å². The van der Waals surface area contributed by atoms with Crippen molar-refractivity contribution in [3.8, 4) is 0 Å². The third kappa shape index (κ3) is 2.31. The van der Waals surface area contributed by atoms with Gasteiger partial charge in [0, 0.05) is 6.54 Å². The van der Waals surface area contributed by atoms with E-state index in [2.05, 4.69) is 18.7 Å². The second-order valence-corrected chi connectivity index (χ2v) is 5.92. The van der Waals surface area contributed by atoms with Crippen LogP contribution in [-0.2, 0) is 0 Å². The van der Waals surface area contributed by atoms with E-state index in [0.717, 1.165) is 11.3 Å². The third-order valence-electron chi connectivity index (χ3n) is 4.20. The highest BCUT2D eigenvalue weighted by atomic mass is 15.2. The largest absolute Gasteiger partial charge is 0.303 e. The molecule has 1 saturated heterocycles. The second kappa shape index (κ2) is 4.22. The van der Waals surface area contributed by atoms with Gasteiger partial charge in [-0.15, -0.1) is 0 Å². The van der Waals surface area contributed by atoms with Gasteiger partial charge in [0.15, 0.2) is 0 Å². The maximum Gasteiger partial charge on any atom is 0.00385 e. The van der Waals surface area contributed by atoms with Gasteiger partial charge >= 0.3 is 0 Å². The predicted molar refractivity (Wildman–Crippen MR) is 61.4 cm³/mol. The molecule has 1 aliphatic carbocycles. The van der Waals surface area contributed by atoms with Crippen LogP contribution in [0, 0.1) is 11.3 Å². The van der Waals surface area contributed by atoms with Crippen molar-refractivity contribution in [2.24, 2.45) is 11.3 Å². The molecule has 1 nitrogen and oxygen atoms in total. The van der Waals surface area contributed by atoms with Crippen LogP contribution in [0.25, 0.3) is 0 Å². The molecule has 0 atom stereocenters. The van der Waals surface area contributed by atoms with E-state index in [-0.39, 0.29) is 0 Å². The van der Waals surface area contributed by atoms with Crippen LogP contribution in [-0.4, -0.2) is 24.5 Å². The van der Waals surface area contributed by atoms with Crippen molar-refractivity contribution in [2.75, 3.05) is 19.6 Å². The van der Waals surface area contributed by atoms with E-state index in [1.54, 1.807) is 0 Å². The summed E-state index contributed by atoms with van der Waals surface area (Å²) in [6.45, 7) is 8.81. The zero-order chi connectivity index (χ0) is 10.0. The van der Waals surface area contributed by atoms with E-state index < -0.39 is 0 Å². The highest BCUT2D eigenvalue weighted by molar-refractivity contribution is 4.93. The quantitative estimate of drug-likeness (QED) is 0.668. The Bertz CT molecular complexity index is 180. The first kappa shape index (κ1) is 10.5. The number of nitrogens with zero attached hydrogens (tertiary/aromatic N) is 1. The number of hydrogen-bond donors (Lipinski definition) is 0. The van der Waals surface area contributed by atoms with Crippen LogP contribution in [0.3, 0.4) is 0 Å². The molecule has 14 heavy (non-hydrogen) atoms. The molecule has 1 heteroatoms. The average molecular weight is 195 g/mol. The highest BCUT2D eigenvalue weighted by Crippen LogP contribution is 2.45. The summed E-state index contributed by atoms with van der Waals surface area (Å²) >= 11 is 0. The summed E-state index contributed by atoms with van der Waals surface area (Å²) < 4.78 is 0. The van der Waals surface area contributed by atoms with Gasteiger partial charge in [0.2, 0.25) is 0 Å². The van der Waals surface area contributed by atoms with Crippen molar-refractivity contribution in [1.29, 1.82) is 0 Å². The van der Waals surface area contributed by atoms with Gasteiger partial charge in [-0.05, 0) is 50.1 Å². The first-order chi connectivity index (χ1) is 6.70. The first-order valence-corrected chi connectivity index (χ1v) is 6.43. The maximum absolute atomic E-state index is 2.71. The molecule has 2 fully saturated rings. The molecule has 1 spiro atoms. The molecular formula is C13H25N. The second-order valence-electron chi connectivity index (χ2n) is 5.92. The lowest BCUT2D eigenvalue weighted by atomic mass is 9.86. The van der Waals surface area contributed by atoms with Crippen molar-refractivity contribution in [2.45, 2.75) is 52.4 Å². The van der Waals surface area contributed by atoms with Gasteiger partial charge in [-0.1, -0.05) is 26.7 Å². The zero-order valence-corrected chi connectivity index (χ0v) is 9.89. The fourth-order valence-electron chi connectivity index (χ4n) is 3.19. The number of rotatable bonds is 3. The summed E-state index contributed by atoms with van der Waals surface area (Å²) in [5, 5.41) is 0. The van der Waals surface area contributed by atoms with E-state index in [9.17, 15) is 0 Å². The molecule has 2 rings (SSSR count). The summed E-state index contributed by atoms with van der Waals surface area (Å²) in [6, 6.07) is 0. The summed E-state index contributed by atoms with van der Waals surface area (Å²) in [6.07, 6.45) is 8.91. The van der Waals surface area contributed by atoms with Crippen molar-refractivity contribution >= 4 is 0 Å². The Hall–Kier alpha value is -0.0400. The van der Waals surface area contributed by atoms with E-state index in [0.29, 0.717) is 0 Å². The van der Waals surface area contributed by atoms with Crippen LogP contribution in [0.4, 0.5) is 0 Å². The fourth-order valence-corrected chi connectivity index (χ4v) is 3.19. The summed E-state index contributed by atoms with van der Waals surface area (Å²) in [5.41, 5.74) is 0.775. The highest BCUT2D eigenvalue weighted by Gasteiger charge is 2.39. The van der Waals surface area contributed by atoms with Crippen LogP contribution in [0.1, 0.15) is 52.4 Å². The van der Waals surface area contributed by atoms with E-state index in [1.165, 1.54) is 58.2 Å². The molecule has 1 aliphatic heterocycles. The fraction of sp³-hybridized carbons (Fsp3) is 1.00.